The molecule has 2 N–H and O–H groups in total. The first kappa shape index (κ1) is 20.2. The number of aromatic nitrogens is 1. The van der Waals surface area contributed by atoms with Crippen LogP contribution in [0.2, 0.25) is 0 Å². The Morgan fingerprint density at radius 2 is 2.07 bits per heavy atom. The highest BCUT2D eigenvalue weighted by Gasteiger charge is 2.52. The molecular formula is C23H33N3O4. The Balaban J connectivity index is 1.32. The highest BCUT2D eigenvalue weighted by molar-refractivity contribution is 6.00. The van der Waals surface area contributed by atoms with Crippen molar-refractivity contribution in [2.75, 3.05) is 31.2 Å². The van der Waals surface area contributed by atoms with Crippen molar-refractivity contribution in [2.24, 2.45) is 11.3 Å². The summed E-state index contributed by atoms with van der Waals surface area (Å²) < 4.78 is 6.31. The molecule has 3 fully saturated rings. The monoisotopic (exact) mass is 415 g/mol. The zero-order chi connectivity index (χ0) is 21.2. The number of carbonyl (C=O) groups excluding carboxylic acids is 1. The summed E-state index contributed by atoms with van der Waals surface area (Å²) in [4.78, 5) is 21.8. The third-order valence-electron chi connectivity index (χ3n) is 7.64. The molecule has 3 heterocycles. The van der Waals surface area contributed by atoms with Crippen molar-refractivity contribution in [3.8, 4) is 0 Å². The Labute approximate surface area is 178 Å². The maximum absolute atomic E-state index is 12.8. The fourth-order valence-corrected chi connectivity index (χ4v) is 5.13. The van der Waals surface area contributed by atoms with E-state index in [0.717, 1.165) is 48.6 Å². The maximum atomic E-state index is 12.8. The van der Waals surface area contributed by atoms with Crippen molar-refractivity contribution in [2.45, 2.75) is 71.2 Å². The third kappa shape index (κ3) is 3.41. The highest BCUT2D eigenvalue weighted by atomic mass is 16.5. The first-order valence-corrected chi connectivity index (χ1v) is 11.3. The topological polar surface area (TPSA) is 86.1 Å². The van der Waals surface area contributed by atoms with Gasteiger partial charge in [-0.25, -0.2) is 4.98 Å². The number of hydrogen-bond donors (Lipinski definition) is 2. The molecule has 0 radical (unpaired) electrons. The zero-order valence-electron chi connectivity index (χ0n) is 18.2. The third-order valence-corrected chi connectivity index (χ3v) is 7.64. The van der Waals surface area contributed by atoms with Crippen molar-refractivity contribution in [1.29, 1.82) is 0 Å². The number of rotatable bonds is 7. The number of aliphatic hydroxyl groups is 2. The van der Waals surface area contributed by atoms with Crippen molar-refractivity contribution in [3.63, 3.8) is 0 Å². The number of amides is 1. The van der Waals surface area contributed by atoms with Crippen LogP contribution in [0.1, 0.15) is 59.8 Å². The molecule has 30 heavy (non-hydrogen) atoms. The van der Waals surface area contributed by atoms with E-state index < -0.39 is 6.10 Å². The summed E-state index contributed by atoms with van der Waals surface area (Å²) in [5.41, 5.74) is 3.95. The molecule has 7 nitrogen and oxygen atoms in total. The summed E-state index contributed by atoms with van der Waals surface area (Å²) in [6.45, 7) is 8.39. The van der Waals surface area contributed by atoms with Gasteiger partial charge in [-0.05, 0) is 56.1 Å². The highest BCUT2D eigenvalue weighted by Crippen LogP contribution is 2.50. The molecule has 7 heteroatoms. The summed E-state index contributed by atoms with van der Waals surface area (Å²) in [5, 5.41) is 18.9. The van der Waals surface area contributed by atoms with E-state index in [9.17, 15) is 9.90 Å². The second-order valence-corrected chi connectivity index (χ2v) is 10.1. The van der Waals surface area contributed by atoms with Crippen LogP contribution in [0.5, 0.6) is 0 Å². The number of pyridine rings is 1. The van der Waals surface area contributed by atoms with Gasteiger partial charge in [-0.1, -0.05) is 6.92 Å². The molecule has 4 aliphatic rings. The Morgan fingerprint density at radius 1 is 1.30 bits per heavy atom. The molecule has 0 spiro atoms. The standard InChI is InChI=1S/C23H33N3O4/c1-13-14(2)21(24-17-10-25(9-15(28)11-27)22(29)20(13)17)26-7-4-19(16-8-18(16)26)30-12-23(3)5-6-23/h15-16,18-19,27-28H,4-12H2,1-3H3. The molecule has 4 atom stereocenters. The van der Waals surface area contributed by atoms with Gasteiger partial charge in [0.25, 0.3) is 5.91 Å². The van der Waals surface area contributed by atoms with Crippen molar-refractivity contribution in [1.82, 2.24) is 9.88 Å². The number of fused-ring (bicyclic) bond motifs is 2. The summed E-state index contributed by atoms with van der Waals surface area (Å²) in [7, 11) is 0. The van der Waals surface area contributed by atoms with E-state index in [4.69, 9.17) is 14.8 Å². The molecule has 1 aromatic rings. The molecule has 0 bridgehead atoms. The van der Waals surface area contributed by atoms with Crippen LogP contribution < -0.4 is 4.90 Å². The van der Waals surface area contributed by atoms with E-state index in [1.54, 1.807) is 4.90 Å². The smallest absolute Gasteiger partial charge is 0.256 e. The number of nitrogens with zero attached hydrogens (tertiary/aromatic N) is 3. The van der Waals surface area contributed by atoms with Crippen molar-refractivity contribution in [3.05, 3.63) is 22.4 Å². The number of hydrogen-bond acceptors (Lipinski definition) is 6. The average molecular weight is 416 g/mol. The van der Waals surface area contributed by atoms with Gasteiger partial charge >= 0.3 is 0 Å². The van der Waals surface area contributed by atoms with E-state index in [1.807, 2.05) is 6.92 Å². The molecule has 1 amide bonds. The van der Waals surface area contributed by atoms with Crippen LogP contribution in [0.4, 0.5) is 5.82 Å². The quantitative estimate of drug-likeness (QED) is 0.706. The molecule has 1 aromatic heterocycles. The van der Waals surface area contributed by atoms with E-state index >= 15 is 0 Å². The molecule has 164 valence electrons. The lowest BCUT2D eigenvalue weighted by atomic mass is 10.0. The average Bonchev–Trinajstić information content (AvgIpc) is 3.64. The number of β-amino-alcohol motifs (C(OH)–C–C–N with tert-alkyl or cyclic N) is 1. The Hall–Kier alpha value is -1.70. The lowest BCUT2D eigenvalue weighted by molar-refractivity contribution is 0.00311. The largest absolute Gasteiger partial charge is 0.394 e. The van der Waals surface area contributed by atoms with Gasteiger partial charge in [-0.15, -0.1) is 0 Å². The van der Waals surface area contributed by atoms with Gasteiger partial charge in [0, 0.05) is 25.0 Å². The normalized spacial score (nSPS) is 29.6. The van der Waals surface area contributed by atoms with Crippen molar-refractivity contribution < 1.29 is 19.7 Å². The molecule has 4 unspecified atom stereocenters. The summed E-state index contributed by atoms with van der Waals surface area (Å²) in [6.07, 6.45) is 4.23. The van der Waals surface area contributed by atoms with Crippen LogP contribution in [-0.2, 0) is 11.3 Å². The number of piperidine rings is 1. The summed E-state index contributed by atoms with van der Waals surface area (Å²) >= 11 is 0. The Bertz CT molecular complexity index is 868. The van der Waals surface area contributed by atoms with E-state index in [-0.39, 0.29) is 19.1 Å². The van der Waals surface area contributed by atoms with E-state index in [2.05, 4.69) is 18.7 Å². The molecule has 2 aliphatic heterocycles. The zero-order valence-corrected chi connectivity index (χ0v) is 18.2. The minimum Gasteiger partial charge on any atom is -0.394 e. The molecular weight excluding hydrogens is 382 g/mol. The van der Waals surface area contributed by atoms with Crippen LogP contribution in [0.15, 0.2) is 0 Å². The van der Waals surface area contributed by atoms with Crippen LogP contribution in [-0.4, -0.2) is 70.6 Å². The second kappa shape index (κ2) is 7.18. The SMILES string of the molecule is Cc1c(N2CCC(OCC3(C)CC3)C3CC32)nc2c(c1C)C(=O)N(CC(O)CO)C2. The van der Waals surface area contributed by atoms with Gasteiger partial charge in [0.1, 0.15) is 5.82 Å². The number of anilines is 1. The second-order valence-electron chi connectivity index (χ2n) is 10.1. The molecule has 2 aliphatic carbocycles. The Morgan fingerprint density at radius 3 is 2.77 bits per heavy atom. The van der Waals surface area contributed by atoms with Crippen LogP contribution in [0, 0.1) is 25.2 Å². The number of ether oxygens (including phenoxy) is 1. The lowest BCUT2D eigenvalue weighted by Crippen LogP contribution is -2.40. The van der Waals surface area contributed by atoms with E-state index in [0.29, 0.717) is 35.6 Å². The Kier molecular flexibility index (Phi) is 4.84. The molecule has 0 aromatic carbocycles. The van der Waals surface area contributed by atoms with Gasteiger partial charge in [-0.2, -0.15) is 0 Å². The molecule has 5 rings (SSSR count). The summed E-state index contributed by atoms with van der Waals surface area (Å²) in [5.74, 6) is 1.50. The van der Waals surface area contributed by atoms with E-state index in [1.165, 1.54) is 12.8 Å². The van der Waals surface area contributed by atoms with Gasteiger partial charge in [0.15, 0.2) is 0 Å². The van der Waals surface area contributed by atoms with Gasteiger partial charge in [0.05, 0.1) is 43.2 Å². The first-order chi connectivity index (χ1) is 14.3. The van der Waals surface area contributed by atoms with Crippen LogP contribution in [0.3, 0.4) is 0 Å². The fraction of sp³-hybridized carbons (Fsp3) is 0.739. The maximum Gasteiger partial charge on any atom is 0.256 e. The molecule has 1 saturated heterocycles. The number of aliphatic hydroxyl groups excluding tert-OH is 2. The fourth-order valence-electron chi connectivity index (χ4n) is 5.13. The minimum atomic E-state index is -0.923. The first-order valence-electron chi connectivity index (χ1n) is 11.3. The van der Waals surface area contributed by atoms with Crippen LogP contribution in [0.25, 0.3) is 0 Å². The predicted octanol–water partition coefficient (Wildman–Crippen LogP) is 1.79. The van der Waals surface area contributed by atoms with Gasteiger partial charge < -0.3 is 24.7 Å². The minimum absolute atomic E-state index is 0.0953. The lowest BCUT2D eigenvalue weighted by Gasteiger charge is -2.34. The van der Waals surface area contributed by atoms with Crippen LogP contribution >= 0.6 is 0 Å². The number of carbonyl (C=O) groups is 1. The van der Waals surface area contributed by atoms with Gasteiger partial charge in [-0.3, -0.25) is 4.79 Å². The predicted molar refractivity (Wildman–Crippen MR) is 112 cm³/mol. The van der Waals surface area contributed by atoms with Crippen molar-refractivity contribution >= 4 is 11.7 Å². The van der Waals surface area contributed by atoms with Gasteiger partial charge in [0.2, 0.25) is 0 Å². The summed E-state index contributed by atoms with van der Waals surface area (Å²) in [6, 6.07) is 0.490. The molecule has 2 saturated carbocycles.